The van der Waals surface area contributed by atoms with Gasteiger partial charge in [-0.2, -0.15) is 0 Å². The summed E-state index contributed by atoms with van der Waals surface area (Å²) in [5, 5.41) is 25.8. The van der Waals surface area contributed by atoms with Crippen molar-refractivity contribution >= 4 is 22.5 Å². The number of ether oxygens (including phenoxy) is 1. The molecule has 3 heterocycles. The van der Waals surface area contributed by atoms with E-state index in [0.29, 0.717) is 23.7 Å². The molecular formula is C33H30ClFN2O3. The fraction of sp³-hybridized carbons (Fsp3) is 0.394. The predicted molar refractivity (Wildman–Crippen MR) is 151 cm³/mol. The number of aromatic nitrogens is 1. The van der Waals surface area contributed by atoms with Crippen molar-refractivity contribution in [1.82, 2.24) is 9.47 Å². The summed E-state index contributed by atoms with van der Waals surface area (Å²) in [6, 6.07) is 16.3. The number of benzene rings is 3. The van der Waals surface area contributed by atoms with Gasteiger partial charge in [0, 0.05) is 47.0 Å². The normalized spacial score (nSPS) is 29.8. The number of aliphatic hydroxyl groups is 1. The molecule has 0 radical (unpaired) electrons. The lowest BCUT2D eigenvalue weighted by Gasteiger charge is -2.63. The summed E-state index contributed by atoms with van der Waals surface area (Å²) in [6.07, 6.45) is 4.09. The summed E-state index contributed by atoms with van der Waals surface area (Å²) in [4.78, 5) is 2.55. The smallest absolute Gasteiger partial charge is 0.166 e. The molecule has 4 atom stereocenters. The van der Waals surface area contributed by atoms with Gasteiger partial charge < -0.3 is 19.5 Å². The fourth-order valence-electron chi connectivity index (χ4n) is 8.77. The summed E-state index contributed by atoms with van der Waals surface area (Å²) in [5.41, 5.74) is 4.57. The lowest BCUT2D eigenvalue weighted by atomic mass is 9.49. The largest absolute Gasteiger partial charge is 0.504 e. The van der Waals surface area contributed by atoms with Crippen molar-refractivity contribution in [1.29, 1.82) is 0 Å². The van der Waals surface area contributed by atoms with E-state index in [0.717, 1.165) is 65.1 Å². The second-order valence-electron chi connectivity index (χ2n) is 12.7. The van der Waals surface area contributed by atoms with E-state index < -0.39 is 17.1 Å². The predicted octanol–water partition coefficient (Wildman–Crippen LogP) is 5.89. The summed E-state index contributed by atoms with van der Waals surface area (Å²) in [5.74, 6) is 1.12. The number of hydrogen-bond acceptors (Lipinski definition) is 4. The zero-order valence-corrected chi connectivity index (χ0v) is 22.8. The number of nitrogens with zero attached hydrogens (tertiary/aromatic N) is 2. The Labute approximate surface area is 236 Å². The maximum absolute atomic E-state index is 13.8. The Morgan fingerprint density at radius 2 is 1.90 bits per heavy atom. The first kappa shape index (κ1) is 23.6. The number of phenolic OH excluding ortho intramolecular Hbond substituents is 1. The van der Waals surface area contributed by atoms with E-state index in [1.165, 1.54) is 30.5 Å². The Kier molecular flexibility index (Phi) is 4.61. The molecule has 2 aliphatic heterocycles. The highest BCUT2D eigenvalue weighted by molar-refractivity contribution is 6.31. The van der Waals surface area contributed by atoms with E-state index in [1.54, 1.807) is 6.07 Å². The molecule has 1 saturated heterocycles. The molecule has 1 saturated carbocycles. The number of fused-ring (bicyclic) bond motifs is 4. The van der Waals surface area contributed by atoms with Crippen LogP contribution in [-0.2, 0) is 24.8 Å². The zero-order valence-electron chi connectivity index (χ0n) is 22.0. The summed E-state index contributed by atoms with van der Waals surface area (Å²) in [6.45, 7) is 2.46. The van der Waals surface area contributed by atoms with Crippen LogP contribution in [-0.4, -0.2) is 44.4 Å². The molecule has 9 rings (SSSR count). The lowest BCUT2D eigenvalue weighted by molar-refractivity contribution is -0.173. The van der Waals surface area contributed by atoms with Crippen molar-refractivity contribution in [3.8, 4) is 11.5 Å². The average Bonchev–Trinajstić information content (AvgIpc) is 3.61. The Morgan fingerprint density at radius 3 is 2.70 bits per heavy atom. The molecular weight excluding hydrogens is 527 g/mol. The second-order valence-corrected chi connectivity index (χ2v) is 13.1. The Morgan fingerprint density at radius 1 is 1.07 bits per heavy atom. The number of hydrogen-bond donors (Lipinski definition) is 2. The van der Waals surface area contributed by atoms with Gasteiger partial charge in [-0.05, 0) is 91.2 Å². The van der Waals surface area contributed by atoms with Crippen LogP contribution in [0.5, 0.6) is 11.5 Å². The van der Waals surface area contributed by atoms with Gasteiger partial charge in [-0.3, -0.25) is 4.90 Å². The number of likely N-dealkylation sites (tertiary alicyclic amines) is 1. The molecule has 3 aromatic carbocycles. The van der Waals surface area contributed by atoms with Crippen LogP contribution in [0.2, 0.25) is 5.02 Å². The highest BCUT2D eigenvalue weighted by atomic mass is 35.5. The fourth-order valence-corrected chi connectivity index (χ4v) is 8.94. The molecule has 5 nitrogen and oxygen atoms in total. The van der Waals surface area contributed by atoms with Crippen LogP contribution < -0.4 is 4.74 Å². The second kappa shape index (κ2) is 7.81. The number of piperidine rings is 1. The van der Waals surface area contributed by atoms with Gasteiger partial charge in [0.15, 0.2) is 17.6 Å². The van der Waals surface area contributed by atoms with Gasteiger partial charge in [0.1, 0.15) is 5.82 Å². The number of phenols is 1. The first-order valence-electron chi connectivity index (χ1n) is 14.4. The quantitative estimate of drug-likeness (QED) is 0.329. The minimum atomic E-state index is -1.05. The van der Waals surface area contributed by atoms with E-state index in [-0.39, 0.29) is 17.6 Å². The van der Waals surface area contributed by atoms with Crippen molar-refractivity contribution in [2.75, 3.05) is 13.1 Å². The molecule has 3 aliphatic carbocycles. The van der Waals surface area contributed by atoms with E-state index in [1.807, 2.05) is 36.4 Å². The van der Waals surface area contributed by atoms with Crippen LogP contribution in [0.4, 0.5) is 4.39 Å². The van der Waals surface area contributed by atoms with E-state index in [9.17, 15) is 14.6 Å². The van der Waals surface area contributed by atoms with Crippen LogP contribution in [0.1, 0.15) is 53.3 Å². The SMILES string of the molecule is Oc1ccc2c3c1O[C@H]1c4c(c5cc(Cl)ccc5n4Cc4ccc(F)cc4)C[C@@]4(O)[C@@H](C2)N(CC2CC2)CC[C@]314. The van der Waals surface area contributed by atoms with Gasteiger partial charge in [-0.25, -0.2) is 4.39 Å². The molecule has 7 heteroatoms. The Balaban J connectivity index is 1.31. The standard InChI is InChI=1S/C33H30ClFN2O3/c34-21-6-9-25-23(14-21)24-15-33(39)27-13-20-5-10-26(38)30-28(20)32(33,11-12-36(27)16-18-1-2-18)31(40-30)29(24)37(25)17-19-3-7-22(35)8-4-19/h3-10,14,18,27,31,38-39H,1-2,11-13,15-17H2/t27-,31+,32+,33-/m1/s1. The molecule has 2 fully saturated rings. The zero-order chi connectivity index (χ0) is 27.0. The van der Waals surface area contributed by atoms with Crippen LogP contribution in [0, 0.1) is 11.7 Å². The summed E-state index contributed by atoms with van der Waals surface area (Å²) >= 11 is 6.56. The van der Waals surface area contributed by atoms with Crippen molar-refractivity contribution in [2.24, 2.45) is 5.92 Å². The minimum Gasteiger partial charge on any atom is -0.504 e. The van der Waals surface area contributed by atoms with Crippen LogP contribution in [0.3, 0.4) is 0 Å². The monoisotopic (exact) mass is 556 g/mol. The van der Waals surface area contributed by atoms with Crippen molar-refractivity contribution in [2.45, 2.75) is 61.8 Å². The third-order valence-electron chi connectivity index (χ3n) is 10.6. The minimum absolute atomic E-state index is 0.0289. The number of rotatable bonds is 4. The van der Waals surface area contributed by atoms with Crippen LogP contribution >= 0.6 is 11.6 Å². The van der Waals surface area contributed by atoms with Crippen molar-refractivity contribution in [3.05, 3.63) is 93.4 Å². The maximum Gasteiger partial charge on any atom is 0.166 e. The summed E-state index contributed by atoms with van der Waals surface area (Å²) in [7, 11) is 0. The molecule has 0 amide bonds. The van der Waals surface area contributed by atoms with Crippen molar-refractivity contribution in [3.63, 3.8) is 0 Å². The van der Waals surface area contributed by atoms with Gasteiger partial charge in [-0.15, -0.1) is 0 Å². The van der Waals surface area contributed by atoms with Gasteiger partial charge in [0.25, 0.3) is 0 Å². The highest BCUT2D eigenvalue weighted by Crippen LogP contribution is 2.69. The highest BCUT2D eigenvalue weighted by Gasteiger charge is 2.73. The molecule has 40 heavy (non-hydrogen) atoms. The van der Waals surface area contributed by atoms with Crippen molar-refractivity contribution < 1.29 is 19.3 Å². The third kappa shape index (κ3) is 2.89. The summed E-state index contributed by atoms with van der Waals surface area (Å²) < 4.78 is 22.9. The van der Waals surface area contributed by atoms with Crippen LogP contribution in [0.15, 0.2) is 54.6 Å². The first-order chi connectivity index (χ1) is 19.4. The van der Waals surface area contributed by atoms with Gasteiger partial charge in [0.05, 0.1) is 16.7 Å². The number of aromatic hydroxyl groups is 1. The Hall–Kier alpha value is -3.06. The van der Waals surface area contributed by atoms with Crippen LogP contribution in [0.25, 0.3) is 10.9 Å². The molecule has 2 bridgehead atoms. The molecule has 5 aliphatic rings. The van der Waals surface area contributed by atoms with E-state index >= 15 is 0 Å². The van der Waals surface area contributed by atoms with Gasteiger partial charge in [-0.1, -0.05) is 29.8 Å². The first-order valence-corrected chi connectivity index (χ1v) is 14.8. The Bertz CT molecular complexity index is 1730. The van der Waals surface area contributed by atoms with Gasteiger partial charge >= 0.3 is 0 Å². The molecule has 0 unspecified atom stereocenters. The van der Waals surface area contributed by atoms with E-state index in [4.69, 9.17) is 16.3 Å². The molecule has 2 N–H and O–H groups in total. The molecule has 4 aromatic rings. The number of halogens is 2. The third-order valence-corrected chi connectivity index (χ3v) is 10.9. The topological polar surface area (TPSA) is 57.9 Å². The van der Waals surface area contributed by atoms with E-state index in [2.05, 4.69) is 9.47 Å². The maximum atomic E-state index is 13.8. The average molecular weight is 557 g/mol. The molecule has 204 valence electrons. The van der Waals surface area contributed by atoms with Gasteiger partial charge in [0.2, 0.25) is 0 Å². The lowest BCUT2D eigenvalue weighted by Crippen LogP contribution is -2.74. The molecule has 1 aromatic heterocycles. The molecule has 1 spiro atoms.